The number of aliphatic hydroxyl groups is 1. The third kappa shape index (κ3) is 3.52. The van der Waals surface area contributed by atoms with Gasteiger partial charge in [0.2, 0.25) is 0 Å². The third-order valence-electron chi connectivity index (χ3n) is 3.26. The van der Waals surface area contributed by atoms with Gasteiger partial charge in [-0.1, -0.05) is 13.3 Å². The molecule has 0 radical (unpaired) electrons. The van der Waals surface area contributed by atoms with E-state index in [0.717, 1.165) is 23.1 Å². The zero-order valence-corrected chi connectivity index (χ0v) is 11.7. The van der Waals surface area contributed by atoms with E-state index in [1.54, 1.807) is 11.6 Å². The van der Waals surface area contributed by atoms with E-state index in [9.17, 15) is 4.79 Å². The maximum Gasteiger partial charge on any atom is 0.251 e. The molecule has 2 aromatic rings. The molecule has 1 atom stereocenters. The first-order valence-corrected chi connectivity index (χ1v) is 7.35. The summed E-state index contributed by atoms with van der Waals surface area (Å²) >= 11 is 1.53. The Hall–Kier alpha value is -1.46. The van der Waals surface area contributed by atoms with Crippen molar-refractivity contribution in [3.63, 3.8) is 0 Å². The molecule has 0 spiro atoms. The predicted octanol–water partition coefficient (Wildman–Crippen LogP) is 2.43. The van der Waals surface area contributed by atoms with E-state index in [-0.39, 0.29) is 12.5 Å². The number of nitrogens with zero attached hydrogens (tertiary/aromatic N) is 1. The maximum atomic E-state index is 12.0. The highest BCUT2D eigenvalue weighted by molar-refractivity contribution is 7.16. The number of aliphatic hydroxyl groups excluding tert-OH is 1. The summed E-state index contributed by atoms with van der Waals surface area (Å²) in [6.45, 7) is 2.84. The highest BCUT2D eigenvalue weighted by Gasteiger charge is 2.10. The van der Waals surface area contributed by atoms with Gasteiger partial charge in [-0.25, -0.2) is 4.98 Å². The summed E-state index contributed by atoms with van der Waals surface area (Å²) in [4.78, 5) is 16.2. The lowest BCUT2D eigenvalue weighted by molar-refractivity contribution is 0.0943. The molecule has 1 unspecified atom stereocenters. The van der Waals surface area contributed by atoms with Crippen molar-refractivity contribution in [3.8, 4) is 0 Å². The van der Waals surface area contributed by atoms with Crippen molar-refractivity contribution in [2.75, 3.05) is 13.2 Å². The van der Waals surface area contributed by atoms with Crippen molar-refractivity contribution >= 4 is 27.5 Å². The van der Waals surface area contributed by atoms with Crippen LogP contribution in [0.3, 0.4) is 0 Å². The molecule has 0 saturated heterocycles. The molecular weight excluding hydrogens is 260 g/mol. The Kier molecular flexibility index (Phi) is 4.87. The van der Waals surface area contributed by atoms with Gasteiger partial charge in [-0.2, -0.15) is 0 Å². The van der Waals surface area contributed by atoms with Crippen LogP contribution < -0.4 is 5.32 Å². The van der Waals surface area contributed by atoms with Gasteiger partial charge in [-0.05, 0) is 30.5 Å². The van der Waals surface area contributed by atoms with Crippen LogP contribution in [-0.2, 0) is 0 Å². The van der Waals surface area contributed by atoms with E-state index < -0.39 is 0 Å². The van der Waals surface area contributed by atoms with E-state index in [4.69, 9.17) is 5.11 Å². The number of rotatable bonds is 6. The number of hydrogen-bond donors (Lipinski definition) is 2. The summed E-state index contributed by atoms with van der Waals surface area (Å²) in [7, 11) is 0. The summed E-state index contributed by atoms with van der Waals surface area (Å²) in [6, 6.07) is 5.53. The Morgan fingerprint density at radius 3 is 3.11 bits per heavy atom. The lowest BCUT2D eigenvalue weighted by Gasteiger charge is -2.14. The molecule has 2 N–H and O–H groups in total. The van der Waals surface area contributed by atoms with Crippen molar-refractivity contribution in [3.05, 3.63) is 29.3 Å². The van der Waals surface area contributed by atoms with Gasteiger partial charge in [0.15, 0.2) is 0 Å². The molecule has 5 heteroatoms. The van der Waals surface area contributed by atoms with Crippen molar-refractivity contribution in [1.82, 2.24) is 10.3 Å². The van der Waals surface area contributed by atoms with Crippen molar-refractivity contribution in [2.24, 2.45) is 5.92 Å². The number of aromatic nitrogens is 1. The fraction of sp³-hybridized carbons (Fsp3) is 0.429. The van der Waals surface area contributed by atoms with Crippen LogP contribution in [-0.4, -0.2) is 29.1 Å². The van der Waals surface area contributed by atoms with Crippen LogP contribution in [0.25, 0.3) is 10.2 Å². The van der Waals surface area contributed by atoms with Gasteiger partial charge in [-0.15, -0.1) is 11.3 Å². The SMILES string of the molecule is CCC(CCO)CNC(=O)c1ccc2ncsc2c1. The molecule has 1 aromatic carbocycles. The highest BCUT2D eigenvalue weighted by atomic mass is 32.1. The third-order valence-corrected chi connectivity index (χ3v) is 4.05. The minimum absolute atomic E-state index is 0.0633. The molecular formula is C14H18N2O2S. The van der Waals surface area contributed by atoms with E-state index in [1.807, 2.05) is 12.1 Å². The normalized spacial score (nSPS) is 12.5. The first kappa shape index (κ1) is 14.0. The molecule has 1 aromatic heterocycles. The zero-order valence-electron chi connectivity index (χ0n) is 10.9. The van der Waals surface area contributed by atoms with Crippen LogP contribution >= 0.6 is 11.3 Å². The first-order chi connectivity index (χ1) is 9.24. The van der Waals surface area contributed by atoms with Crippen LogP contribution in [0.1, 0.15) is 30.1 Å². The summed E-state index contributed by atoms with van der Waals surface area (Å²) in [6.07, 6.45) is 1.68. The average molecular weight is 278 g/mol. The summed E-state index contributed by atoms with van der Waals surface area (Å²) < 4.78 is 1.02. The number of nitrogens with one attached hydrogen (secondary N) is 1. The predicted molar refractivity (Wildman–Crippen MR) is 77.4 cm³/mol. The van der Waals surface area contributed by atoms with Gasteiger partial charge in [0.25, 0.3) is 5.91 Å². The smallest absolute Gasteiger partial charge is 0.251 e. The summed E-state index contributed by atoms with van der Waals surface area (Å²) in [5, 5.41) is 11.9. The van der Waals surface area contributed by atoms with E-state index in [1.165, 1.54) is 11.3 Å². The van der Waals surface area contributed by atoms with Crippen LogP contribution in [0.4, 0.5) is 0 Å². The van der Waals surface area contributed by atoms with Gasteiger partial charge in [0.05, 0.1) is 15.7 Å². The molecule has 19 heavy (non-hydrogen) atoms. The van der Waals surface area contributed by atoms with Crippen molar-refractivity contribution in [1.29, 1.82) is 0 Å². The van der Waals surface area contributed by atoms with Gasteiger partial charge >= 0.3 is 0 Å². The van der Waals surface area contributed by atoms with Crippen LogP contribution in [0.15, 0.2) is 23.7 Å². The average Bonchev–Trinajstić information content (AvgIpc) is 2.90. The second-order valence-corrected chi connectivity index (χ2v) is 5.42. The summed E-state index contributed by atoms with van der Waals surface area (Å²) in [5.74, 6) is 0.271. The molecule has 1 amide bonds. The number of amides is 1. The molecule has 0 aliphatic rings. The van der Waals surface area contributed by atoms with E-state index in [2.05, 4.69) is 17.2 Å². The second-order valence-electron chi connectivity index (χ2n) is 4.53. The van der Waals surface area contributed by atoms with Crippen LogP contribution in [0.5, 0.6) is 0 Å². The molecule has 0 bridgehead atoms. The number of thiazole rings is 1. The van der Waals surface area contributed by atoms with Gasteiger partial charge in [0.1, 0.15) is 0 Å². The molecule has 0 aliphatic heterocycles. The highest BCUT2D eigenvalue weighted by Crippen LogP contribution is 2.19. The van der Waals surface area contributed by atoms with Gasteiger partial charge in [0, 0.05) is 18.7 Å². The second kappa shape index (κ2) is 6.63. The Morgan fingerprint density at radius 1 is 1.53 bits per heavy atom. The maximum absolute atomic E-state index is 12.0. The fourth-order valence-electron chi connectivity index (χ4n) is 1.97. The Labute approximate surface area is 116 Å². The van der Waals surface area contributed by atoms with Crippen molar-refractivity contribution in [2.45, 2.75) is 19.8 Å². The number of carbonyl (C=O) groups excluding carboxylic acids is 1. The van der Waals surface area contributed by atoms with Crippen LogP contribution in [0, 0.1) is 5.92 Å². The number of carbonyl (C=O) groups is 1. The quantitative estimate of drug-likeness (QED) is 0.853. The van der Waals surface area contributed by atoms with E-state index in [0.29, 0.717) is 18.0 Å². The van der Waals surface area contributed by atoms with Crippen molar-refractivity contribution < 1.29 is 9.90 Å². The molecule has 102 valence electrons. The van der Waals surface area contributed by atoms with Crippen LogP contribution in [0.2, 0.25) is 0 Å². The largest absolute Gasteiger partial charge is 0.396 e. The Balaban J connectivity index is 1.98. The molecule has 0 saturated carbocycles. The number of benzene rings is 1. The molecule has 1 heterocycles. The molecule has 0 aliphatic carbocycles. The number of hydrogen-bond acceptors (Lipinski definition) is 4. The Morgan fingerprint density at radius 2 is 2.37 bits per heavy atom. The standard InChI is InChI=1S/C14H18N2O2S/c1-2-10(5-6-17)8-15-14(18)11-3-4-12-13(7-11)19-9-16-12/h3-4,7,9-10,17H,2,5-6,8H2,1H3,(H,15,18). The minimum Gasteiger partial charge on any atom is -0.396 e. The lowest BCUT2D eigenvalue weighted by atomic mass is 10.0. The fourth-order valence-corrected chi connectivity index (χ4v) is 2.68. The van der Waals surface area contributed by atoms with E-state index >= 15 is 0 Å². The topological polar surface area (TPSA) is 62.2 Å². The van der Waals surface area contributed by atoms with Gasteiger partial charge < -0.3 is 10.4 Å². The van der Waals surface area contributed by atoms with Gasteiger partial charge in [-0.3, -0.25) is 4.79 Å². The molecule has 0 fully saturated rings. The zero-order chi connectivity index (χ0) is 13.7. The molecule has 2 rings (SSSR count). The minimum atomic E-state index is -0.0633. The number of fused-ring (bicyclic) bond motifs is 1. The first-order valence-electron chi connectivity index (χ1n) is 6.47. The molecule has 4 nitrogen and oxygen atoms in total. The summed E-state index contributed by atoms with van der Waals surface area (Å²) in [5.41, 5.74) is 3.37. The monoisotopic (exact) mass is 278 g/mol. The lowest BCUT2D eigenvalue weighted by Crippen LogP contribution is -2.29. The Bertz CT molecular complexity index is 553.